The smallest absolute Gasteiger partial charge is 0.195 e. The molecule has 258 valence electrons. The number of hydrogen-bond donors (Lipinski definition) is 0. The van der Waals surface area contributed by atoms with Crippen LogP contribution < -0.4 is 0 Å². The molecule has 0 saturated carbocycles. The van der Waals surface area contributed by atoms with E-state index in [2.05, 4.69) is 174 Å². The first-order valence-corrected chi connectivity index (χ1v) is 20.5. The molecule has 0 spiro atoms. The summed E-state index contributed by atoms with van der Waals surface area (Å²) in [4.78, 5) is 5.71. The summed E-state index contributed by atoms with van der Waals surface area (Å²) < 4.78 is 6.23. The van der Waals surface area contributed by atoms with Gasteiger partial charge in [-0.2, -0.15) is 0 Å². The number of aryl methyl sites for hydroxylation is 2. The summed E-state index contributed by atoms with van der Waals surface area (Å²) >= 11 is 3.69. The molecule has 0 fully saturated rings. The molecule has 3 heterocycles. The lowest BCUT2D eigenvalue weighted by atomic mass is 9.84. The summed E-state index contributed by atoms with van der Waals surface area (Å²) in [6, 6.07) is 62.5. The average Bonchev–Trinajstić information content (AvgIpc) is 3.95. The Bertz CT molecular complexity index is 3310. The minimum atomic E-state index is 0.984. The first kappa shape index (κ1) is 31.1. The number of aromatic nitrogens is 2. The number of nitrogens with zero attached hydrogens (tertiary/aromatic N) is 2. The maximum absolute atomic E-state index is 5.71. The Hall–Kier alpha value is -6.33. The van der Waals surface area contributed by atoms with Crippen molar-refractivity contribution in [3.63, 3.8) is 0 Å². The van der Waals surface area contributed by atoms with Crippen molar-refractivity contribution in [2.45, 2.75) is 12.8 Å². The minimum absolute atomic E-state index is 0.984. The molecule has 0 unspecified atom stereocenters. The van der Waals surface area contributed by atoms with Crippen LogP contribution in [-0.2, 0) is 12.8 Å². The van der Waals surface area contributed by atoms with Crippen LogP contribution in [0, 0.1) is 0 Å². The van der Waals surface area contributed by atoms with E-state index in [0.29, 0.717) is 0 Å². The molecular formula is C51H32N2S2. The first-order valence-electron chi connectivity index (χ1n) is 18.9. The van der Waals surface area contributed by atoms with Crippen LogP contribution in [0.5, 0.6) is 0 Å². The summed E-state index contributed by atoms with van der Waals surface area (Å²) in [5.74, 6) is 0. The fourth-order valence-corrected chi connectivity index (χ4v) is 11.3. The summed E-state index contributed by atoms with van der Waals surface area (Å²) in [6.45, 7) is 0. The minimum Gasteiger partial charge on any atom is -0.285 e. The number of benzene rings is 8. The summed E-state index contributed by atoms with van der Waals surface area (Å²) in [6.07, 6.45) is 2.17. The second kappa shape index (κ2) is 12.1. The molecule has 0 atom stereocenters. The van der Waals surface area contributed by atoms with E-state index in [0.717, 1.165) is 29.0 Å². The van der Waals surface area contributed by atoms with Crippen molar-refractivity contribution in [2.75, 3.05) is 0 Å². The second-order valence-corrected chi connectivity index (χ2v) is 16.7. The molecule has 3 aromatic heterocycles. The van der Waals surface area contributed by atoms with Gasteiger partial charge in [-0.15, -0.1) is 11.3 Å². The molecule has 1 aliphatic rings. The van der Waals surface area contributed by atoms with Gasteiger partial charge in [0.05, 0.1) is 21.3 Å². The van der Waals surface area contributed by atoms with Crippen LogP contribution in [-0.4, -0.2) is 9.55 Å². The zero-order valence-corrected chi connectivity index (χ0v) is 31.4. The first-order chi connectivity index (χ1) is 27.3. The third kappa shape index (κ3) is 4.75. The Morgan fingerprint density at radius 3 is 2.02 bits per heavy atom. The molecule has 0 radical (unpaired) electrons. The van der Waals surface area contributed by atoms with E-state index in [-0.39, 0.29) is 0 Å². The van der Waals surface area contributed by atoms with E-state index >= 15 is 0 Å². The molecule has 0 N–H and O–H groups in total. The van der Waals surface area contributed by atoms with Crippen molar-refractivity contribution in [3.8, 4) is 49.6 Å². The fourth-order valence-electron chi connectivity index (χ4n) is 9.00. The maximum atomic E-state index is 5.71. The predicted molar refractivity (Wildman–Crippen MR) is 236 cm³/mol. The van der Waals surface area contributed by atoms with Gasteiger partial charge in [0.25, 0.3) is 0 Å². The predicted octanol–water partition coefficient (Wildman–Crippen LogP) is 14.5. The zero-order valence-electron chi connectivity index (χ0n) is 29.8. The van der Waals surface area contributed by atoms with Gasteiger partial charge in [0, 0.05) is 36.5 Å². The summed E-state index contributed by atoms with van der Waals surface area (Å²) in [7, 11) is 0. The number of thiazole rings is 1. The van der Waals surface area contributed by atoms with Crippen LogP contribution in [0.3, 0.4) is 0 Å². The van der Waals surface area contributed by atoms with Crippen molar-refractivity contribution in [3.05, 3.63) is 181 Å². The Morgan fingerprint density at radius 1 is 0.418 bits per heavy atom. The average molecular weight is 737 g/mol. The zero-order chi connectivity index (χ0) is 36.0. The summed E-state index contributed by atoms with van der Waals surface area (Å²) in [5, 5.41) is 5.99. The molecular weight excluding hydrogens is 705 g/mol. The highest BCUT2D eigenvalue weighted by molar-refractivity contribution is 7.26. The molecule has 11 aromatic rings. The van der Waals surface area contributed by atoms with Crippen LogP contribution in [0.15, 0.2) is 170 Å². The van der Waals surface area contributed by atoms with Gasteiger partial charge in [0.15, 0.2) is 5.13 Å². The third-order valence-electron chi connectivity index (χ3n) is 11.6. The van der Waals surface area contributed by atoms with E-state index < -0.39 is 0 Å². The van der Waals surface area contributed by atoms with Crippen LogP contribution >= 0.6 is 22.7 Å². The Balaban J connectivity index is 1.17. The number of rotatable bonds is 4. The van der Waals surface area contributed by atoms with Crippen LogP contribution in [0.25, 0.3) is 102 Å². The SMILES string of the molecule is c1ccc(-c2ccc3c4c(-c5ccccc5)cccc4n(-c4nc5c(s4)c(-c4ccc6c(c4)-c4ccccc4CC6)cc4sc6ccccc6c45)c3c2)cc1. The summed E-state index contributed by atoms with van der Waals surface area (Å²) in [5.41, 5.74) is 16.3. The fraction of sp³-hybridized carbons (Fsp3) is 0.0392. The van der Waals surface area contributed by atoms with Crippen molar-refractivity contribution in [2.24, 2.45) is 0 Å². The lowest BCUT2D eigenvalue weighted by Gasteiger charge is -2.20. The van der Waals surface area contributed by atoms with E-state index in [1.807, 2.05) is 22.7 Å². The molecule has 8 aromatic carbocycles. The molecule has 0 bridgehead atoms. The van der Waals surface area contributed by atoms with Crippen molar-refractivity contribution < 1.29 is 0 Å². The highest BCUT2D eigenvalue weighted by Crippen LogP contribution is 2.48. The normalized spacial score (nSPS) is 12.6. The molecule has 0 amide bonds. The Labute approximate surface area is 326 Å². The molecule has 4 heteroatoms. The highest BCUT2D eigenvalue weighted by atomic mass is 32.1. The van der Waals surface area contributed by atoms with E-state index in [9.17, 15) is 0 Å². The molecule has 55 heavy (non-hydrogen) atoms. The molecule has 12 rings (SSSR count). The molecule has 0 aliphatic heterocycles. The van der Waals surface area contributed by atoms with E-state index in [1.165, 1.54) is 96.8 Å². The monoisotopic (exact) mass is 736 g/mol. The molecule has 2 nitrogen and oxygen atoms in total. The largest absolute Gasteiger partial charge is 0.285 e. The van der Waals surface area contributed by atoms with Gasteiger partial charge in [-0.1, -0.05) is 151 Å². The second-order valence-electron chi connectivity index (χ2n) is 14.6. The molecule has 0 saturated heterocycles. The van der Waals surface area contributed by atoms with Gasteiger partial charge in [-0.05, 0) is 93.2 Å². The third-order valence-corrected chi connectivity index (χ3v) is 13.8. The topological polar surface area (TPSA) is 17.8 Å². The lowest BCUT2D eigenvalue weighted by Crippen LogP contribution is -2.03. The maximum Gasteiger partial charge on any atom is 0.195 e. The van der Waals surface area contributed by atoms with Gasteiger partial charge in [0.2, 0.25) is 0 Å². The number of thiophene rings is 1. The van der Waals surface area contributed by atoms with Crippen LogP contribution in [0.4, 0.5) is 0 Å². The standard InChI is InChI=1S/C51H32N2S2/c1-3-12-31(13-4-1)35-26-27-39-44(29-35)53(43-20-11-19-38(47(39)43)32-14-5-2-6-15-32)51-52-49-48-40-18-9-10-21-45(40)54-46(48)30-42(50(49)55-51)36-25-24-34-23-22-33-16-7-8-17-37(33)41(34)28-36/h1-21,24-30H,22-23H2. The Morgan fingerprint density at radius 2 is 1.15 bits per heavy atom. The number of hydrogen-bond acceptors (Lipinski definition) is 3. The lowest BCUT2D eigenvalue weighted by molar-refractivity contribution is 0.942. The van der Waals surface area contributed by atoms with Gasteiger partial charge < -0.3 is 0 Å². The Kier molecular flexibility index (Phi) is 6.83. The van der Waals surface area contributed by atoms with Gasteiger partial charge in [0.1, 0.15) is 0 Å². The van der Waals surface area contributed by atoms with Crippen LogP contribution in [0.2, 0.25) is 0 Å². The van der Waals surface area contributed by atoms with Crippen molar-refractivity contribution in [1.82, 2.24) is 9.55 Å². The van der Waals surface area contributed by atoms with E-state index in [1.54, 1.807) is 0 Å². The van der Waals surface area contributed by atoms with Crippen molar-refractivity contribution in [1.29, 1.82) is 0 Å². The van der Waals surface area contributed by atoms with Gasteiger partial charge in [-0.25, -0.2) is 4.98 Å². The van der Waals surface area contributed by atoms with Gasteiger partial charge >= 0.3 is 0 Å². The number of fused-ring (bicyclic) bond motifs is 11. The molecule has 1 aliphatic carbocycles. The van der Waals surface area contributed by atoms with Gasteiger partial charge in [-0.3, -0.25) is 4.57 Å². The van der Waals surface area contributed by atoms with Crippen molar-refractivity contribution >= 4 is 74.9 Å². The highest BCUT2D eigenvalue weighted by Gasteiger charge is 2.24. The van der Waals surface area contributed by atoms with Crippen LogP contribution in [0.1, 0.15) is 11.1 Å². The quantitative estimate of drug-likeness (QED) is 0.176. The van der Waals surface area contributed by atoms with E-state index in [4.69, 9.17) is 4.98 Å².